The molecule has 0 saturated carbocycles. The molecule has 12 heteroatoms. The van der Waals surface area contributed by atoms with Crippen molar-refractivity contribution in [3.63, 3.8) is 0 Å². The maximum Gasteiger partial charge on any atom is 0.416 e. The monoisotopic (exact) mass is 570 g/mol. The van der Waals surface area contributed by atoms with Crippen molar-refractivity contribution in [1.82, 2.24) is 24.4 Å². The Morgan fingerprint density at radius 3 is 2.39 bits per heavy atom. The van der Waals surface area contributed by atoms with Gasteiger partial charge in [0.1, 0.15) is 29.4 Å². The molecule has 216 valence electrons. The molecule has 0 aliphatic carbocycles. The van der Waals surface area contributed by atoms with E-state index < -0.39 is 29.3 Å². The number of aromatic nitrogens is 4. The highest BCUT2D eigenvalue weighted by Crippen LogP contribution is 2.39. The summed E-state index contributed by atoms with van der Waals surface area (Å²) in [5.74, 6) is -0.0510. The number of fused-ring (bicyclic) bond motifs is 1. The van der Waals surface area contributed by atoms with Crippen LogP contribution in [0.25, 0.3) is 28.0 Å². The fourth-order valence-corrected chi connectivity index (χ4v) is 5.05. The molecule has 8 nitrogen and oxygen atoms in total. The van der Waals surface area contributed by atoms with Gasteiger partial charge in [-0.05, 0) is 52.8 Å². The molecule has 4 heterocycles. The van der Waals surface area contributed by atoms with Crippen LogP contribution in [0.5, 0.6) is 0 Å². The quantitative estimate of drug-likeness (QED) is 0.263. The molecule has 4 aromatic rings. The second-order valence-electron chi connectivity index (χ2n) is 11.2. The Hall–Kier alpha value is -4.22. The van der Waals surface area contributed by atoms with E-state index in [0.29, 0.717) is 29.9 Å². The lowest BCUT2D eigenvalue weighted by atomic mass is 10.0. The van der Waals surface area contributed by atoms with Crippen molar-refractivity contribution in [2.45, 2.75) is 58.5 Å². The third-order valence-electron chi connectivity index (χ3n) is 6.93. The van der Waals surface area contributed by atoms with Gasteiger partial charge in [0, 0.05) is 48.7 Å². The van der Waals surface area contributed by atoms with Crippen LogP contribution < -0.4 is 4.90 Å². The first-order valence-corrected chi connectivity index (χ1v) is 13.2. The highest BCUT2D eigenvalue weighted by atomic mass is 19.4. The lowest BCUT2D eigenvalue weighted by Gasteiger charge is -2.44. The minimum atomic E-state index is -4.57. The fourth-order valence-electron chi connectivity index (χ4n) is 5.05. The highest BCUT2D eigenvalue weighted by molar-refractivity contribution is 6.02. The van der Waals surface area contributed by atoms with Gasteiger partial charge in [-0.1, -0.05) is 18.2 Å². The summed E-state index contributed by atoms with van der Waals surface area (Å²) >= 11 is 0. The molecule has 2 atom stereocenters. The number of hydrogen-bond donors (Lipinski definition) is 0. The third-order valence-corrected chi connectivity index (χ3v) is 6.93. The summed E-state index contributed by atoms with van der Waals surface area (Å²) in [6.07, 6.45) is -1.05. The summed E-state index contributed by atoms with van der Waals surface area (Å²) in [7, 11) is 0. The standard InChI is InChI=1S/C29H30F4N6O2/c1-17-14-38(27(40)41-28(3,4)5)18(2)13-37(17)25-24-21(20-8-6-7-9-22(20)30)15-39(26(24)36-16-35-25)23-12-19(10-11-34-23)29(31,32)33/h6-12,15-18H,13-14H2,1-5H3. The van der Waals surface area contributed by atoms with Crippen molar-refractivity contribution in [2.24, 2.45) is 0 Å². The lowest BCUT2D eigenvalue weighted by molar-refractivity contribution is -0.137. The topological polar surface area (TPSA) is 76.4 Å². The summed E-state index contributed by atoms with van der Waals surface area (Å²) in [5, 5.41) is 0.460. The molecule has 0 bridgehead atoms. The Bertz CT molecular complexity index is 1600. The normalized spacial score (nSPS) is 18.2. The van der Waals surface area contributed by atoms with Gasteiger partial charge in [-0.25, -0.2) is 24.1 Å². The molecule has 3 aromatic heterocycles. The van der Waals surface area contributed by atoms with Gasteiger partial charge >= 0.3 is 12.3 Å². The van der Waals surface area contributed by atoms with Crippen molar-refractivity contribution < 1.29 is 27.1 Å². The van der Waals surface area contributed by atoms with Gasteiger partial charge in [0.2, 0.25) is 0 Å². The maximum atomic E-state index is 15.1. The molecule has 5 rings (SSSR count). The molecular formula is C29H30F4N6O2. The number of ether oxygens (including phenoxy) is 1. The number of amides is 1. The largest absolute Gasteiger partial charge is 0.444 e. The van der Waals surface area contributed by atoms with Crippen LogP contribution in [0, 0.1) is 5.82 Å². The number of alkyl halides is 3. The zero-order valence-electron chi connectivity index (χ0n) is 23.3. The van der Waals surface area contributed by atoms with Crippen molar-refractivity contribution in [1.29, 1.82) is 0 Å². The Kier molecular flexibility index (Phi) is 7.12. The number of halogens is 4. The Balaban J connectivity index is 1.65. The summed E-state index contributed by atoms with van der Waals surface area (Å²) in [6, 6.07) is 7.49. The summed E-state index contributed by atoms with van der Waals surface area (Å²) in [4.78, 5) is 29.7. The van der Waals surface area contributed by atoms with Crippen molar-refractivity contribution in [3.05, 3.63) is 66.5 Å². The molecule has 1 amide bonds. The molecule has 0 radical (unpaired) electrons. The fraction of sp³-hybridized carbons (Fsp3) is 0.379. The van der Waals surface area contributed by atoms with Crippen LogP contribution in [0.3, 0.4) is 0 Å². The lowest BCUT2D eigenvalue weighted by Crippen LogP contribution is -2.59. The summed E-state index contributed by atoms with van der Waals surface area (Å²) in [5.41, 5.74) is -0.596. The molecule has 2 unspecified atom stereocenters. The molecule has 0 N–H and O–H groups in total. The molecule has 1 aliphatic heterocycles. The van der Waals surface area contributed by atoms with E-state index in [4.69, 9.17) is 4.74 Å². The number of rotatable bonds is 3. The minimum Gasteiger partial charge on any atom is -0.444 e. The van der Waals surface area contributed by atoms with Gasteiger partial charge in [0.25, 0.3) is 0 Å². The SMILES string of the molecule is CC1CN(c2ncnc3c2c(-c2ccccc2F)cn3-c2cc(C(F)(F)F)ccn2)C(C)CN1C(=O)OC(C)(C)C. The number of carbonyl (C=O) groups excluding carboxylic acids is 1. The predicted octanol–water partition coefficient (Wildman–Crippen LogP) is 6.47. The number of benzene rings is 1. The van der Waals surface area contributed by atoms with Gasteiger partial charge in [0.05, 0.1) is 10.9 Å². The second kappa shape index (κ2) is 10.3. The second-order valence-corrected chi connectivity index (χ2v) is 11.2. The van der Waals surface area contributed by atoms with Gasteiger partial charge in [-0.2, -0.15) is 13.2 Å². The molecule has 41 heavy (non-hydrogen) atoms. The number of piperazine rings is 1. The van der Waals surface area contributed by atoms with Gasteiger partial charge in [0.15, 0.2) is 5.65 Å². The molecule has 1 aromatic carbocycles. The van der Waals surface area contributed by atoms with Crippen molar-refractivity contribution >= 4 is 22.9 Å². The first-order chi connectivity index (χ1) is 19.2. The van der Waals surface area contributed by atoms with Gasteiger partial charge in [-0.15, -0.1) is 0 Å². The molecule has 1 fully saturated rings. The van der Waals surface area contributed by atoms with E-state index in [2.05, 4.69) is 15.0 Å². The van der Waals surface area contributed by atoms with Crippen LogP contribution in [0.15, 0.2) is 55.1 Å². The number of nitrogens with zero attached hydrogens (tertiary/aromatic N) is 6. The van der Waals surface area contributed by atoms with E-state index in [9.17, 15) is 18.0 Å². The van der Waals surface area contributed by atoms with Crippen LogP contribution in [-0.4, -0.2) is 61.3 Å². The first-order valence-electron chi connectivity index (χ1n) is 13.2. The van der Waals surface area contributed by atoms with E-state index in [1.807, 2.05) is 18.7 Å². The number of carbonyl (C=O) groups is 1. The predicted molar refractivity (Wildman–Crippen MR) is 146 cm³/mol. The zero-order chi connectivity index (χ0) is 29.7. The van der Waals surface area contributed by atoms with E-state index >= 15 is 4.39 Å². The van der Waals surface area contributed by atoms with Crippen LogP contribution >= 0.6 is 0 Å². The molecular weight excluding hydrogens is 540 g/mol. The van der Waals surface area contributed by atoms with Crippen molar-refractivity contribution in [2.75, 3.05) is 18.0 Å². The smallest absolute Gasteiger partial charge is 0.416 e. The van der Waals surface area contributed by atoms with Crippen LogP contribution in [0.2, 0.25) is 0 Å². The molecule has 0 spiro atoms. The first kappa shape index (κ1) is 28.3. The minimum absolute atomic E-state index is 0.0202. The third kappa shape index (κ3) is 5.55. The maximum absolute atomic E-state index is 15.1. The summed E-state index contributed by atoms with van der Waals surface area (Å²) in [6.45, 7) is 9.98. The van der Waals surface area contributed by atoms with E-state index in [0.717, 1.165) is 18.3 Å². The molecule has 1 aliphatic rings. The van der Waals surface area contributed by atoms with E-state index in [-0.39, 0.29) is 29.1 Å². The van der Waals surface area contributed by atoms with Crippen LogP contribution in [0.1, 0.15) is 40.2 Å². The number of pyridine rings is 1. The number of anilines is 1. The Morgan fingerprint density at radius 1 is 0.976 bits per heavy atom. The molecule has 1 saturated heterocycles. The van der Waals surface area contributed by atoms with Gasteiger partial charge in [-0.3, -0.25) is 4.57 Å². The van der Waals surface area contributed by atoms with Crippen LogP contribution in [0.4, 0.5) is 28.2 Å². The summed E-state index contributed by atoms with van der Waals surface area (Å²) < 4.78 is 62.7. The van der Waals surface area contributed by atoms with Gasteiger partial charge < -0.3 is 14.5 Å². The van der Waals surface area contributed by atoms with Crippen LogP contribution in [-0.2, 0) is 10.9 Å². The average Bonchev–Trinajstić information content (AvgIpc) is 3.28. The van der Waals surface area contributed by atoms with Crippen molar-refractivity contribution in [3.8, 4) is 16.9 Å². The Morgan fingerprint density at radius 2 is 1.71 bits per heavy atom. The average molecular weight is 571 g/mol. The van der Waals surface area contributed by atoms with E-state index in [1.165, 1.54) is 23.2 Å². The number of hydrogen-bond acceptors (Lipinski definition) is 6. The Labute approximate surface area is 234 Å². The zero-order valence-corrected chi connectivity index (χ0v) is 23.3. The highest BCUT2D eigenvalue weighted by Gasteiger charge is 2.37. The van der Waals surface area contributed by atoms with E-state index in [1.54, 1.807) is 43.9 Å².